The third-order valence-corrected chi connectivity index (χ3v) is 20.1. The maximum atomic E-state index is 15.3. The number of phenolic OH excluding ortho intramolecular Hbond substituents is 1. The Labute approximate surface area is 553 Å². The number of amides is 4. The molecule has 4 amide bonds. The van der Waals surface area contributed by atoms with Crippen LogP contribution in [0, 0.1) is 29.6 Å². The van der Waals surface area contributed by atoms with Gasteiger partial charge in [0.25, 0.3) is 0 Å². The molecule has 1 saturated heterocycles. The summed E-state index contributed by atoms with van der Waals surface area (Å²) in [6.07, 6.45) is -5.30. The summed E-state index contributed by atoms with van der Waals surface area (Å²) in [6, 6.07) is 9.13. The summed E-state index contributed by atoms with van der Waals surface area (Å²) in [5.74, 6) is -6.63. The molecule has 3 aromatic carbocycles. The number of benzene rings is 3. The number of carbonyl (C=O) groups is 7. The van der Waals surface area contributed by atoms with Gasteiger partial charge in [-0.05, 0) is 109 Å². The number of Topliss-reactive ketones (excluding diaryl/α,β-unsaturated/α-hetero) is 1. The number of ether oxygens (including phenoxy) is 5. The Bertz CT molecular complexity index is 3170. The van der Waals surface area contributed by atoms with E-state index in [0.29, 0.717) is 44.2 Å². The van der Waals surface area contributed by atoms with Crippen molar-refractivity contribution in [1.29, 1.82) is 0 Å². The normalized spacial score (nSPS) is 24.1. The maximum Gasteiger partial charge on any atom is 0.245 e. The van der Waals surface area contributed by atoms with Crippen molar-refractivity contribution in [2.45, 2.75) is 211 Å². The van der Waals surface area contributed by atoms with E-state index in [0.717, 1.165) is 0 Å². The van der Waals surface area contributed by atoms with Gasteiger partial charge in [-0.2, -0.15) is 0 Å². The first-order valence-corrected chi connectivity index (χ1v) is 33.3. The number of nitrogens with two attached hydrogens (primary N) is 1. The first kappa shape index (κ1) is 75.0. The van der Waals surface area contributed by atoms with Gasteiger partial charge in [-0.3, -0.25) is 38.5 Å². The minimum absolute atomic E-state index is 0.00235. The van der Waals surface area contributed by atoms with Crippen LogP contribution in [0.15, 0.2) is 48.5 Å². The van der Waals surface area contributed by atoms with Crippen molar-refractivity contribution < 1.29 is 82.8 Å². The number of aliphatic hydroxyl groups excluding tert-OH is 3. The van der Waals surface area contributed by atoms with Crippen molar-refractivity contribution >= 4 is 41.0 Å². The van der Waals surface area contributed by atoms with E-state index in [4.69, 9.17) is 29.4 Å². The van der Waals surface area contributed by atoms with Crippen LogP contribution in [-0.4, -0.2) is 209 Å². The van der Waals surface area contributed by atoms with E-state index in [1.54, 1.807) is 76.8 Å². The molecule has 1 heterocycles. The van der Waals surface area contributed by atoms with E-state index in [1.807, 2.05) is 57.7 Å². The number of methoxy groups -OCH3 is 3. The fraction of sp³-hybridized carbons (Fsp3) is 0.648. The topological polar surface area (TPSA) is 327 Å². The van der Waals surface area contributed by atoms with Crippen molar-refractivity contribution in [3.05, 3.63) is 87.5 Å². The number of rotatable bonds is 30. The molecular formula is C71H104N6O17. The van der Waals surface area contributed by atoms with Gasteiger partial charge in [0.15, 0.2) is 11.6 Å². The molecule has 23 nitrogen and oxygen atoms in total. The van der Waals surface area contributed by atoms with E-state index in [-0.39, 0.29) is 93.7 Å². The van der Waals surface area contributed by atoms with Crippen molar-refractivity contribution in [1.82, 2.24) is 25.3 Å². The predicted molar refractivity (Wildman–Crippen MR) is 351 cm³/mol. The van der Waals surface area contributed by atoms with Gasteiger partial charge in [-0.15, -0.1) is 0 Å². The van der Waals surface area contributed by atoms with Crippen LogP contribution in [0.2, 0.25) is 0 Å². The van der Waals surface area contributed by atoms with Gasteiger partial charge in [0.2, 0.25) is 29.4 Å². The third-order valence-electron chi connectivity index (χ3n) is 20.1. The molecule has 3 aromatic rings. The molecule has 3 aliphatic carbocycles. The standard InChI is InChI=1S/C71H104N6O17/c1-16-41(27-28-43-30-44(31-47(72)62(43)82)94-51-34-71(89,52(79)35-78)33-46-55(51)65(85)56-57(67(46)93-38(6)7)63(83)45-24-20-26-49(90-13)54(45)64(56)84)60(76(12)70(88)58(36(2)3)74-69(87)59(37(4)5)75(10)11)50(91-14)32-53(80)77-29-21-25-48(77)66(92-15)39(8)68(86)73-40(9)61(81)42-22-18-17-19-23-42/h17-20,22-24,26,36-41,43-44,47-48,50-51,58-62,66,78,81-82,85,89H,16,21,25,27-35,72H2,1-15H3,(H,73,86)(H,74,87)/t39-,40-,41-,43-,44?,47+,48?,50-,51+,58+,59?,60+,61-,62-,66-,71+/m1/s1. The number of carbonyl (C=O) groups excluding carboxylic acids is 7. The summed E-state index contributed by atoms with van der Waals surface area (Å²) in [4.78, 5) is 107. The van der Waals surface area contributed by atoms with Crippen molar-refractivity contribution in [2.75, 3.05) is 55.6 Å². The largest absolute Gasteiger partial charge is 0.507 e. The summed E-state index contributed by atoms with van der Waals surface area (Å²) >= 11 is 0. The number of likely N-dealkylation sites (N-methyl/N-ethyl adjacent to an activating group) is 2. The molecule has 0 bridgehead atoms. The van der Waals surface area contributed by atoms with Crippen LogP contribution in [0.5, 0.6) is 17.2 Å². The highest BCUT2D eigenvalue weighted by Crippen LogP contribution is 2.54. The van der Waals surface area contributed by atoms with Gasteiger partial charge < -0.3 is 75.4 Å². The summed E-state index contributed by atoms with van der Waals surface area (Å²) in [5.41, 5.74) is 4.50. The Morgan fingerprint density at radius 3 is 2.12 bits per heavy atom. The smallest absolute Gasteiger partial charge is 0.245 e. The molecule has 23 heteroatoms. The average Bonchev–Trinajstić information content (AvgIpc) is 0.777. The Kier molecular flexibility index (Phi) is 25.6. The van der Waals surface area contributed by atoms with E-state index in [1.165, 1.54) is 33.5 Å². The number of nitrogens with one attached hydrogen (secondary N) is 2. The molecule has 0 radical (unpaired) electrons. The molecule has 0 aromatic heterocycles. The second-order valence-electron chi connectivity index (χ2n) is 27.6. The van der Waals surface area contributed by atoms with Crippen molar-refractivity contribution in [2.24, 2.45) is 35.3 Å². The highest BCUT2D eigenvalue weighted by atomic mass is 16.5. The van der Waals surface area contributed by atoms with Crippen LogP contribution in [0.1, 0.15) is 181 Å². The molecule has 4 aliphatic rings. The Morgan fingerprint density at radius 1 is 0.851 bits per heavy atom. The molecule has 0 spiro atoms. The molecule has 2 fully saturated rings. The number of nitrogens with zero attached hydrogens (tertiary/aromatic N) is 3. The monoisotopic (exact) mass is 1310 g/mol. The number of aromatic hydroxyl groups is 1. The van der Waals surface area contributed by atoms with Crippen LogP contribution in [0.4, 0.5) is 0 Å². The molecule has 9 N–H and O–H groups in total. The third kappa shape index (κ3) is 15.8. The first-order valence-electron chi connectivity index (χ1n) is 33.3. The summed E-state index contributed by atoms with van der Waals surface area (Å²) in [6.45, 7) is 15.7. The number of fused-ring (bicyclic) bond motifs is 3. The number of ketones is 3. The second-order valence-corrected chi connectivity index (χ2v) is 27.6. The Balaban J connectivity index is 1.20. The first-order chi connectivity index (χ1) is 44.4. The van der Waals surface area contributed by atoms with Crippen LogP contribution in [-0.2, 0) is 44.6 Å². The Hall–Kier alpha value is -6.41. The van der Waals surface area contributed by atoms with Gasteiger partial charge in [-0.1, -0.05) is 90.4 Å². The maximum absolute atomic E-state index is 15.3. The lowest BCUT2D eigenvalue weighted by atomic mass is 9.71. The van der Waals surface area contributed by atoms with Crippen LogP contribution >= 0.6 is 0 Å². The zero-order valence-electron chi connectivity index (χ0n) is 57.6. The molecule has 3 unspecified atom stereocenters. The van der Waals surface area contributed by atoms with Crippen molar-refractivity contribution in [3.63, 3.8) is 0 Å². The van der Waals surface area contributed by atoms with E-state index < -0.39 is 151 Å². The average molecular weight is 1310 g/mol. The lowest BCUT2D eigenvalue weighted by Gasteiger charge is -2.44. The highest BCUT2D eigenvalue weighted by Gasteiger charge is 2.52. The minimum Gasteiger partial charge on any atom is -0.507 e. The van der Waals surface area contributed by atoms with Gasteiger partial charge in [0.1, 0.15) is 35.5 Å². The van der Waals surface area contributed by atoms with Crippen LogP contribution in [0.3, 0.4) is 0 Å². The van der Waals surface area contributed by atoms with Gasteiger partial charge >= 0.3 is 0 Å². The molecule has 1 aliphatic heterocycles. The summed E-state index contributed by atoms with van der Waals surface area (Å²) in [7, 11) is 9.60. The number of hydrogen-bond acceptors (Lipinski definition) is 19. The number of likely N-dealkylation sites (tertiary alicyclic amines) is 1. The summed E-state index contributed by atoms with van der Waals surface area (Å²) < 4.78 is 31.2. The predicted octanol–water partition coefficient (Wildman–Crippen LogP) is 5.37. The molecule has 7 rings (SSSR count). The molecule has 520 valence electrons. The number of hydrogen-bond donors (Lipinski definition) is 8. The van der Waals surface area contributed by atoms with Crippen LogP contribution < -0.4 is 25.8 Å². The van der Waals surface area contributed by atoms with Crippen molar-refractivity contribution in [3.8, 4) is 17.2 Å². The molecular weight excluding hydrogens is 1210 g/mol. The highest BCUT2D eigenvalue weighted by molar-refractivity contribution is 6.31. The quantitative estimate of drug-likeness (QED) is 0.0325. The fourth-order valence-electron chi connectivity index (χ4n) is 15.2. The van der Waals surface area contributed by atoms with E-state index in [9.17, 15) is 49.5 Å². The minimum atomic E-state index is -2.31. The van der Waals surface area contributed by atoms with E-state index in [2.05, 4.69) is 10.6 Å². The van der Waals surface area contributed by atoms with E-state index >= 15 is 9.59 Å². The fourth-order valence-corrected chi connectivity index (χ4v) is 15.2. The molecule has 1 saturated carbocycles. The number of phenols is 1. The van der Waals surface area contributed by atoms with Gasteiger partial charge in [0, 0.05) is 63.4 Å². The molecule has 94 heavy (non-hydrogen) atoms. The zero-order chi connectivity index (χ0) is 69.5. The summed E-state index contributed by atoms with van der Waals surface area (Å²) in [5, 5.41) is 64.3. The molecule has 16 atom stereocenters. The SMILES string of the molecule is CC[C@H](CC[C@@H]1CC(O[C@H]2C[C@](O)(C(=O)CO)Cc3c(OC(C)C)c4c(c(O)c32)C(=O)c2c(OC)cccc2C4=O)C[C@H](N)[C@@H]1O)[C@@H]([C@@H](CC(=O)N1CCCC1[C@H](OC)[C@@H](C)C(=O)N[C@H](C)[C@@H](O)c1ccccc1)OC)N(C)C(=O)[C@@H](NC(=O)C(C(C)C)N(C)C)C(C)C. The second kappa shape index (κ2) is 32.1. The van der Waals surface area contributed by atoms with Gasteiger partial charge in [-0.25, -0.2) is 0 Å². The Morgan fingerprint density at radius 2 is 1.53 bits per heavy atom. The lowest BCUT2D eigenvalue weighted by Crippen LogP contribution is -2.60. The lowest BCUT2D eigenvalue weighted by molar-refractivity contribution is -0.152. The van der Waals surface area contributed by atoms with Crippen LogP contribution in [0.25, 0.3) is 0 Å². The van der Waals surface area contributed by atoms with Gasteiger partial charge in [0.05, 0.1) is 103 Å². The zero-order valence-corrected chi connectivity index (χ0v) is 57.6. The number of aliphatic hydroxyl groups is 4.